The molecule has 0 atom stereocenters. The third-order valence-electron chi connectivity index (χ3n) is 2.21. The molecule has 0 fully saturated rings. The molecule has 2 aromatic rings. The Morgan fingerprint density at radius 1 is 1.33 bits per heavy atom. The molecule has 0 N–H and O–H groups in total. The van der Waals surface area contributed by atoms with Gasteiger partial charge in [0.05, 0.1) is 5.52 Å². The smallest absolute Gasteiger partial charge is 0.408 e. The van der Waals surface area contributed by atoms with Crippen LogP contribution in [-0.4, -0.2) is 4.57 Å². The van der Waals surface area contributed by atoms with Crippen LogP contribution in [0.25, 0.3) is 11.1 Å². The minimum atomic E-state index is -0.310. The van der Waals surface area contributed by atoms with Crippen molar-refractivity contribution in [3.05, 3.63) is 33.2 Å². The van der Waals surface area contributed by atoms with E-state index in [4.69, 9.17) is 4.42 Å². The average molecular weight is 270 g/mol. The lowest BCUT2D eigenvalue weighted by molar-refractivity contribution is 0.363. The van der Waals surface area contributed by atoms with Crippen molar-refractivity contribution in [2.45, 2.75) is 26.3 Å². The van der Waals surface area contributed by atoms with E-state index in [0.717, 1.165) is 9.99 Å². The fraction of sp³-hybridized carbons (Fsp3) is 0.364. The third kappa shape index (κ3) is 1.74. The zero-order valence-corrected chi connectivity index (χ0v) is 10.5. The van der Waals surface area contributed by atoms with Gasteiger partial charge in [-0.25, -0.2) is 4.79 Å². The second-order valence-corrected chi connectivity index (χ2v) is 5.40. The molecular formula is C11H12BrNO2. The predicted molar refractivity (Wildman–Crippen MR) is 63.2 cm³/mol. The monoisotopic (exact) mass is 269 g/mol. The zero-order valence-electron chi connectivity index (χ0n) is 8.87. The van der Waals surface area contributed by atoms with Crippen LogP contribution < -0.4 is 5.76 Å². The summed E-state index contributed by atoms with van der Waals surface area (Å²) in [5.74, 6) is -0.310. The summed E-state index contributed by atoms with van der Waals surface area (Å²) in [7, 11) is 0. The molecule has 0 bridgehead atoms. The van der Waals surface area contributed by atoms with E-state index in [0.29, 0.717) is 5.58 Å². The number of rotatable bonds is 0. The molecule has 0 unspecified atom stereocenters. The number of aromatic nitrogens is 1. The summed E-state index contributed by atoms with van der Waals surface area (Å²) in [4.78, 5) is 11.7. The zero-order chi connectivity index (χ0) is 11.2. The molecule has 80 valence electrons. The molecule has 1 aromatic heterocycles. The van der Waals surface area contributed by atoms with Gasteiger partial charge in [0.25, 0.3) is 0 Å². The van der Waals surface area contributed by atoms with Gasteiger partial charge in [-0.05, 0) is 39.0 Å². The van der Waals surface area contributed by atoms with Crippen LogP contribution in [0.4, 0.5) is 0 Å². The fourth-order valence-electron chi connectivity index (χ4n) is 1.63. The van der Waals surface area contributed by atoms with Crippen LogP contribution in [0.15, 0.2) is 31.9 Å². The Labute approximate surface area is 95.8 Å². The van der Waals surface area contributed by atoms with Crippen molar-refractivity contribution in [3.8, 4) is 0 Å². The molecule has 0 radical (unpaired) electrons. The predicted octanol–water partition coefficient (Wildman–Crippen LogP) is 3.11. The number of benzene rings is 1. The lowest BCUT2D eigenvalue weighted by Crippen LogP contribution is -2.30. The first-order valence-corrected chi connectivity index (χ1v) is 5.50. The van der Waals surface area contributed by atoms with Gasteiger partial charge in [-0.3, -0.25) is 4.57 Å². The molecule has 2 rings (SSSR count). The minimum Gasteiger partial charge on any atom is -0.408 e. The molecule has 4 heteroatoms. The van der Waals surface area contributed by atoms with Crippen LogP contribution in [0.3, 0.4) is 0 Å². The van der Waals surface area contributed by atoms with E-state index < -0.39 is 0 Å². The quantitative estimate of drug-likeness (QED) is 0.737. The molecule has 3 nitrogen and oxygen atoms in total. The second kappa shape index (κ2) is 3.23. The maximum absolute atomic E-state index is 11.7. The van der Waals surface area contributed by atoms with Crippen LogP contribution in [-0.2, 0) is 5.54 Å². The molecule has 15 heavy (non-hydrogen) atoms. The van der Waals surface area contributed by atoms with Crippen LogP contribution >= 0.6 is 15.9 Å². The van der Waals surface area contributed by atoms with Gasteiger partial charge in [0, 0.05) is 10.0 Å². The van der Waals surface area contributed by atoms with E-state index >= 15 is 0 Å². The lowest BCUT2D eigenvalue weighted by atomic mass is 10.1. The summed E-state index contributed by atoms with van der Waals surface area (Å²) in [5, 5.41) is 0. The Kier molecular flexibility index (Phi) is 2.26. The average Bonchev–Trinajstić information content (AvgIpc) is 2.38. The maximum atomic E-state index is 11.7. The molecule has 0 amide bonds. The largest absolute Gasteiger partial charge is 0.420 e. The SMILES string of the molecule is CC(C)(C)n1c(=O)oc2cc(Br)ccc21. The Morgan fingerprint density at radius 2 is 2.00 bits per heavy atom. The van der Waals surface area contributed by atoms with Crippen molar-refractivity contribution < 1.29 is 4.42 Å². The summed E-state index contributed by atoms with van der Waals surface area (Å²) in [6.07, 6.45) is 0. The van der Waals surface area contributed by atoms with Gasteiger partial charge in [0.1, 0.15) is 0 Å². The van der Waals surface area contributed by atoms with Crippen molar-refractivity contribution in [2.24, 2.45) is 0 Å². The van der Waals surface area contributed by atoms with Crippen molar-refractivity contribution in [1.82, 2.24) is 4.57 Å². The first-order chi connectivity index (χ1) is 6.89. The van der Waals surface area contributed by atoms with Gasteiger partial charge in [-0.1, -0.05) is 15.9 Å². The maximum Gasteiger partial charge on any atom is 0.420 e. The highest BCUT2D eigenvalue weighted by Crippen LogP contribution is 2.23. The number of hydrogen-bond donors (Lipinski definition) is 0. The van der Waals surface area contributed by atoms with Crippen molar-refractivity contribution >= 4 is 27.0 Å². The highest BCUT2D eigenvalue weighted by atomic mass is 79.9. The molecule has 0 spiro atoms. The number of nitrogens with zero attached hydrogens (tertiary/aromatic N) is 1. The summed E-state index contributed by atoms with van der Waals surface area (Å²) in [5.41, 5.74) is 1.18. The summed E-state index contributed by atoms with van der Waals surface area (Å²) in [6.45, 7) is 5.93. The van der Waals surface area contributed by atoms with E-state index in [9.17, 15) is 4.79 Å². The summed E-state index contributed by atoms with van der Waals surface area (Å²) in [6, 6.07) is 5.59. The van der Waals surface area contributed by atoms with Crippen molar-refractivity contribution in [2.75, 3.05) is 0 Å². The van der Waals surface area contributed by atoms with E-state index in [1.54, 1.807) is 10.6 Å². The molecule has 0 saturated carbocycles. The second-order valence-electron chi connectivity index (χ2n) is 4.49. The van der Waals surface area contributed by atoms with E-state index in [1.807, 2.05) is 32.9 Å². The number of halogens is 1. The van der Waals surface area contributed by atoms with E-state index in [-0.39, 0.29) is 11.3 Å². The Morgan fingerprint density at radius 3 is 2.60 bits per heavy atom. The van der Waals surface area contributed by atoms with Crippen LogP contribution in [0.2, 0.25) is 0 Å². The molecular weight excluding hydrogens is 258 g/mol. The van der Waals surface area contributed by atoms with Gasteiger partial charge in [-0.15, -0.1) is 0 Å². The Hall–Kier alpha value is -1.03. The van der Waals surface area contributed by atoms with E-state index in [1.165, 1.54) is 0 Å². The van der Waals surface area contributed by atoms with Crippen molar-refractivity contribution in [1.29, 1.82) is 0 Å². The molecule has 1 heterocycles. The van der Waals surface area contributed by atoms with Gasteiger partial charge in [0.15, 0.2) is 5.58 Å². The molecule has 0 aliphatic carbocycles. The Bertz CT molecular complexity index is 560. The molecule has 0 aliphatic rings. The first-order valence-electron chi connectivity index (χ1n) is 4.71. The third-order valence-corrected chi connectivity index (χ3v) is 2.71. The van der Waals surface area contributed by atoms with Gasteiger partial charge < -0.3 is 4.42 Å². The van der Waals surface area contributed by atoms with Crippen LogP contribution in [0.5, 0.6) is 0 Å². The van der Waals surface area contributed by atoms with Gasteiger partial charge in [-0.2, -0.15) is 0 Å². The lowest BCUT2D eigenvalue weighted by Gasteiger charge is -2.19. The van der Waals surface area contributed by atoms with Gasteiger partial charge >= 0.3 is 5.76 Å². The first kappa shape index (κ1) is 10.5. The minimum absolute atomic E-state index is 0.268. The van der Waals surface area contributed by atoms with Crippen LogP contribution in [0, 0.1) is 0 Å². The highest BCUT2D eigenvalue weighted by Gasteiger charge is 2.20. The standard InChI is InChI=1S/C11H12BrNO2/c1-11(2,3)13-8-5-4-7(12)6-9(8)15-10(13)14/h4-6H,1-3H3. The van der Waals surface area contributed by atoms with Crippen LogP contribution in [0.1, 0.15) is 20.8 Å². The van der Waals surface area contributed by atoms with Crippen molar-refractivity contribution in [3.63, 3.8) is 0 Å². The Balaban J connectivity index is 2.86. The van der Waals surface area contributed by atoms with Gasteiger partial charge in [0.2, 0.25) is 0 Å². The molecule has 0 aliphatic heterocycles. The number of oxazole rings is 1. The molecule has 1 aromatic carbocycles. The number of hydrogen-bond acceptors (Lipinski definition) is 2. The highest BCUT2D eigenvalue weighted by molar-refractivity contribution is 9.10. The fourth-order valence-corrected chi connectivity index (χ4v) is 1.97. The normalized spacial score (nSPS) is 12.3. The summed E-state index contributed by atoms with van der Waals surface area (Å²) < 4.78 is 7.75. The topological polar surface area (TPSA) is 35.1 Å². The van der Waals surface area contributed by atoms with E-state index in [2.05, 4.69) is 15.9 Å². The number of fused-ring (bicyclic) bond motifs is 1. The molecule has 0 saturated heterocycles. The summed E-state index contributed by atoms with van der Waals surface area (Å²) >= 11 is 3.35.